The van der Waals surface area contributed by atoms with E-state index in [4.69, 9.17) is 4.52 Å². The molecule has 1 saturated heterocycles. The van der Waals surface area contributed by atoms with E-state index in [0.29, 0.717) is 11.7 Å². The number of carbonyl (C=O) groups is 1. The summed E-state index contributed by atoms with van der Waals surface area (Å²) in [6.07, 6.45) is 1.01. The second-order valence-electron chi connectivity index (χ2n) is 3.83. The average molecular weight is 210 g/mol. The number of aryl methyl sites for hydroxylation is 1. The van der Waals surface area contributed by atoms with Crippen LogP contribution in [0.2, 0.25) is 0 Å². The highest BCUT2D eigenvalue weighted by Crippen LogP contribution is 2.15. The van der Waals surface area contributed by atoms with E-state index in [1.165, 1.54) is 0 Å². The molecule has 0 saturated carbocycles. The maximum Gasteiger partial charge on any atom is 0.328 e. The van der Waals surface area contributed by atoms with Crippen molar-refractivity contribution in [2.45, 2.75) is 26.3 Å². The minimum Gasteiger partial charge on any atom is -0.315 e. The van der Waals surface area contributed by atoms with Crippen molar-refractivity contribution in [2.24, 2.45) is 5.92 Å². The predicted molar refractivity (Wildman–Crippen MR) is 53.2 cm³/mol. The summed E-state index contributed by atoms with van der Waals surface area (Å²) in [5.74, 6) is 0.746. The number of anilines is 1. The SMILES string of the molecule is Cc1noc(NC(=O)C2NCCC2C)n1. The second kappa shape index (κ2) is 3.98. The average Bonchev–Trinajstić information content (AvgIpc) is 2.75. The minimum atomic E-state index is -0.155. The molecule has 2 atom stereocenters. The standard InChI is InChI=1S/C9H14N4O2/c1-5-3-4-10-7(5)8(14)12-9-11-6(2)13-15-9/h5,7,10H,3-4H2,1-2H3,(H,11,12,13,14). The van der Waals surface area contributed by atoms with Gasteiger partial charge < -0.3 is 9.84 Å². The minimum absolute atomic E-state index is 0.108. The molecule has 15 heavy (non-hydrogen) atoms. The van der Waals surface area contributed by atoms with Gasteiger partial charge in [0.15, 0.2) is 5.82 Å². The Morgan fingerprint density at radius 2 is 2.47 bits per heavy atom. The summed E-state index contributed by atoms with van der Waals surface area (Å²) < 4.78 is 4.81. The van der Waals surface area contributed by atoms with Crippen LogP contribution in [0.3, 0.4) is 0 Å². The van der Waals surface area contributed by atoms with Gasteiger partial charge in [0.2, 0.25) is 5.91 Å². The fraction of sp³-hybridized carbons (Fsp3) is 0.667. The maximum absolute atomic E-state index is 11.7. The summed E-state index contributed by atoms with van der Waals surface area (Å²) in [6.45, 7) is 4.63. The zero-order valence-corrected chi connectivity index (χ0v) is 8.78. The quantitative estimate of drug-likeness (QED) is 0.734. The van der Waals surface area contributed by atoms with Crippen molar-refractivity contribution in [1.29, 1.82) is 0 Å². The molecule has 6 nitrogen and oxygen atoms in total. The van der Waals surface area contributed by atoms with Gasteiger partial charge in [-0.05, 0) is 25.8 Å². The maximum atomic E-state index is 11.7. The number of nitrogens with one attached hydrogen (secondary N) is 2. The predicted octanol–water partition coefficient (Wildman–Crippen LogP) is 0.315. The fourth-order valence-corrected chi connectivity index (χ4v) is 1.72. The Morgan fingerprint density at radius 3 is 3.00 bits per heavy atom. The summed E-state index contributed by atoms with van der Waals surface area (Å²) in [5.41, 5.74) is 0. The van der Waals surface area contributed by atoms with Gasteiger partial charge in [0.1, 0.15) is 0 Å². The number of amides is 1. The molecule has 1 aliphatic rings. The van der Waals surface area contributed by atoms with Gasteiger partial charge in [-0.15, -0.1) is 0 Å². The molecule has 1 aromatic rings. The Labute approximate surface area is 87.4 Å². The van der Waals surface area contributed by atoms with Crippen LogP contribution in [0.15, 0.2) is 4.52 Å². The van der Waals surface area contributed by atoms with Crippen LogP contribution in [0.5, 0.6) is 0 Å². The van der Waals surface area contributed by atoms with Crippen molar-refractivity contribution >= 4 is 11.9 Å². The van der Waals surface area contributed by atoms with Crippen LogP contribution in [0.1, 0.15) is 19.2 Å². The van der Waals surface area contributed by atoms with Crippen molar-refractivity contribution in [3.8, 4) is 0 Å². The molecule has 6 heteroatoms. The van der Waals surface area contributed by atoms with Crippen LogP contribution in [0, 0.1) is 12.8 Å². The van der Waals surface area contributed by atoms with Crippen LogP contribution in [0.4, 0.5) is 6.01 Å². The molecule has 2 rings (SSSR count). The first-order valence-electron chi connectivity index (χ1n) is 5.01. The first-order valence-corrected chi connectivity index (χ1v) is 5.01. The lowest BCUT2D eigenvalue weighted by molar-refractivity contribution is -0.118. The van der Waals surface area contributed by atoms with E-state index in [1.807, 2.05) is 6.92 Å². The number of aromatic nitrogens is 2. The van der Waals surface area contributed by atoms with Gasteiger partial charge in [0.05, 0.1) is 6.04 Å². The van der Waals surface area contributed by atoms with E-state index in [2.05, 4.69) is 20.8 Å². The summed E-state index contributed by atoms with van der Waals surface area (Å²) in [7, 11) is 0. The summed E-state index contributed by atoms with van der Waals surface area (Å²) >= 11 is 0. The molecule has 2 N–H and O–H groups in total. The fourth-order valence-electron chi connectivity index (χ4n) is 1.72. The van der Waals surface area contributed by atoms with E-state index in [-0.39, 0.29) is 18.0 Å². The van der Waals surface area contributed by atoms with E-state index >= 15 is 0 Å². The van der Waals surface area contributed by atoms with Gasteiger partial charge >= 0.3 is 6.01 Å². The largest absolute Gasteiger partial charge is 0.328 e. The van der Waals surface area contributed by atoms with Crippen LogP contribution in [-0.2, 0) is 4.79 Å². The molecule has 0 aromatic carbocycles. The number of nitrogens with zero attached hydrogens (tertiary/aromatic N) is 2. The van der Waals surface area contributed by atoms with Gasteiger partial charge in [-0.1, -0.05) is 12.1 Å². The third kappa shape index (κ3) is 2.15. The third-order valence-electron chi connectivity index (χ3n) is 2.57. The summed E-state index contributed by atoms with van der Waals surface area (Å²) in [6, 6.07) is 0.00982. The highest BCUT2D eigenvalue weighted by molar-refractivity contribution is 5.93. The Morgan fingerprint density at radius 1 is 1.67 bits per heavy atom. The lowest BCUT2D eigenvalue weighted by Gasteiger charge is -2.12. The monoisotopic (exact) mass is 210 g/mol. The van der Waals surface area contributed by atoms with E-state index in [0.717, 1.165) is 13.0 Å². The molecule has 1 aliphatic heterocycles. The molecule has 2 unspecified atom stereocenters. The Balaban J connectivity index is 1.97. The van der Waals surface area contributed by atoms with Crippen LogP contribution < -0.4 is 10.6 Å². The molecule has 0 radical (unpaired) electrons. The van der Waals surface area contributed by atoms with E-state index in [9.17, 15) is 4.79 Å². The van der Waals surface area contributed by atoms with Gasteiger partial charge in [0, 0.05) is 0 Å². The summed E-state index contributed by atoms with van der Waals surface area (Å²) in [4.78, 5) is 15.6. The molecular weight excluding hydrogens is 196 g/mol. The van der Waals surface area contributed by atoms with Crippen molar-refractivity contribution in [2.75, 3.05) is 11.9 Å². The molecule has 0 aliphatic carbocycles. The zero-order valence-electron chi connectivity index (χ0n) is 8.78. The summed E-state index contributed by atoms with van der Waals surface area (Å²) in [5, 5.41) is 9.32. The van der Waals surface area contributed by atoms with Gasteiger partial charge in [0.25, 0.3) is 0 Å². The van der Waals surface area contributed by atoms with E-state index in [1.54, 1.807) is 6.92 Å². The van der Waals surface area contributed by atoms with Crippen molar-refractivity contribution in [1.82, 2.24) is 15.5 Å². The van der Waals surface area contributed by atoms with Crippen LogP contribution in [0.25, 0.3) is 0 Å². The van der Waals surface area contributed by atoms with Crippen molar-refractivity contribution in [3.63, 3.8) is 0 Å². The van der Waals surface area contributed by atoms with Gasteiger partial charge in [-0.25, -0.2) is 0 Å². The molecule has 1 amide bonds. The zero-order chi connectivity index (χ0) is 10.8. The second-order valence-corrected chi connectivity index (χ2v) is 3.83. The highest BCUT2D eigenvalue weighted by atomic mass is 16.5. The molecule has 0 spiro atoms. The Hall–Kier alpha value is -1.43. The molecule has 2 heterocycles. The van der Waals surface area contributed by atoms with Crippen LogP contribution in [-0.4, -0.2) is 28.6 Å². The number of rotatable bonds is 2. The Bertz CT molecular complexity index is 363. The van der Waals surface area contributed by atoms with E-state index < -0.39 is 0 Å². The molecule has 1 fully saturated rings. The van der Waals surface area contributed by atoms with Gasteiger partial charge in [-0.3, -0.25) is 10.1 Å². The molecular formula is C9H14N4O2. The molecule has 0 bridgehead atoms. The Kier molecular flexibility index (Phi) is 2.68. The first kappa shape index (κ1) is 10.1. The molecule has 82 valence electrons. The molecule has 1 aromatic heterocycles. The normalized spacial score (nSPS) is 25.5. The topological polar surface area (TPSA) is 80.0 Å². The van der Waals surface area contributed by atoms with Crippen molar-refractivity contribution in [3.05, 3.63) is 5.82 Å². The number of hydrogen-bond donors (Lipinski definition) is 2. The number of hydrogen-bond acceptors (Lipinski definition) is 5. The smallest absolute Gasteiger partial charge is 0.315 e. The van der Waals surface area contributed by atoms with Gasteiger partial charge in [-0.2, -0.15) is 4.98 Å². The first-order chi connectivity index (χ1) is 7.16. The van der Waals surface area contributed by atoms with Crippen molar-refractivity contribution < 1.29 is 9.32 Å². The number of carbonyl (C=O) groups excluding carboxylic acids is 1. The third-order valence-corrected chi connectivity index (χ3v) is 2.57. The lowest BCUT2D eigenvalue weighted by Crippen LogP contribution is -2.39. The highest BCUT2D eigenvalue weighted by Gasteiger charge is 2.29. The van der Waals surface area contributed by atoms with Crippen LogP contribution >= 0.6 is 0 Å². The lowest BCUT2D eigenvalue weighted by atomic mass is 10.0.